The van der Waals surface area contributed by atoms with Crippen LogP contribution in [0, 0.1) is 0 Å². The number of rotatable bonds is 6. The highest BCUT2D eigenvalue weighted by Crippen LogP contribution is 2.48. The smallest absolute Gasteiger partial charge is 0.255 e. The van der Waals surface area contributed by atoms with Gasteiger partial charge in [-0.3, -0.25) is 14.5 Å². The molecule has 1 N–H and O–H groups in total. The summed E-state index contributed by atoms with van der Waals surface area (Å²) in [6.45, 7) is 2.05. The Morgan fingerprint density at radius 1 is 0.769 bits per heavy atom. The third kappa shape index (κ3) is 5.18. The van der Waals surface area contributed by atoms with Crippen LogP contribution in [0.5, 0.6) is 0 Å². The highest BCUT2D eigenvalue weighted by molar-refractivity contribution is 8.00. The van der Waals surface area contributed by atoms with E-state index in [9.17, 15) is 9.59 Å². The molecule has 6 heteroatoms. The second kappa shape index (κ2) is 11.0. The van der Waals surface area contributed by atoms with E-state index in [1.165, 1.54) is 0 Å². The number of carbonyl (C=O) groups excluding carboxylic acids is 2. The molecule has 0 fully saturated rings. The van der Waals surface area contributed by atoms with Crippen LogP contribution in [0.4, 0.5) is 17.1 Å². The molecule has 4 nitrogen and oxygen atoms in total. The summed E-state index contributed by atoms with van der Waals surface area (Å²) in [5.41, 5.74) is 3.19. The fourth-order valence-electron chi connectivity index (χ4n) is 4.71. The molecule has 1 unspecified atom stereocenters. The van der Waals surface area contributed by atoms with E-state index in [1.54, 1.807) is 23.5 Å². The number of benzene rings is 5. The highest BCUT2D eigenvalue weighted by atomic mass is 32.2. The van der Waals surface area contributed by atoms with E-state index in [1.807, 2.05) is 115 Å². The second-order valence-electron chi connectivity index (χ2n) is 9.27. The second-order valence-corrected chi connectivity index (χ2v) is 11.6. The van der Waals surface area contributed by atoms with Gasteiger partial charge in [0.2, 0.25) is 5.91 Å². The monoisotopic (exact) mass is 546 g/mol. The lowest BCUT2D eigenvalue weighted by Crippen LogP contribution is -2.35. The fraction of sp³-hybridized carbons (Fsp3) is 0.0909. The van der Waals surface area contributed by atoms with Crippen LogP contribution >= 0.6 is 23.5 Å². The van der Waals surface area contributed by atoms with Gasteiger partial charge in [-0.1, -0.05) is 73.3 Å². The van der Waals surface area contributed by atoms with Gasteiger partial charge in [-0.15, -0.1) is 11.8 Å². The Bertz CT molecular complexity index is 1640. The Morgan fingerprint density at radius 3 is 2.05 bits per heavy atom. The minimum atomic E-state index is -0.257. The van der Waals surface area contributed by atoms with Crippen LogP contribution in [0.1, 0.15) is 23.7 Å². The molecule has 5 aromatic rings. The van der Waals surface area contributed by atoms with Crippen molar-refractivity contribution in [2.45, 2.75) is 33.3 Å². The molecule has 1 aliphatic rings. The van der Waals surface area contributed by atoms with Crippen molar-refractivity contribution in [3.63, 3.8) is 0 Å². The van der Waals surface area contributed by atoms with Crippen LogP contribution in [0.15, 0.2) is 130 Å². The number of carbonyl (C=O) groups is 2. The number of nitrogens with one attached hydrogen (secondary N) is 1. The van der Waals surface area contributed by atoms with E-state index >= 15 is 0 Å². The van der Waals surface area contributed by atoms with E-state index in [0.29, 0.717) is 17.7 Å². The summed E-state index contributed by atoms with van der Waals surface area (Å²) in [5, 5.41) is 4.87. The molecule has 1 aliphatic heterocycles. The molecule has 1 heterocycles. The standard InChI is InChI=1S/C33H26N2O2S2/c1-2-29(33(37)35-27-11-5-7-13-30(27)39-31-14-8-6-12-28(31)35)38-26-19-17-25(18-20-26)34-32(36)24-16-15-22-9-3-4-10-23(22)21-24/h3-21,29H,2H2,1H3,(H,34,36). The number of para-hydroxylation sites is 2. The van der Waals surface area contributed by atoms with Crippen molar-refractivity contribution in [2.24, 2.45) is 0 Å². The number of hydrogen-bond donors (Lipinski definition) is 1. The lowest BCUT2D eigenvalue weighted by molar-refractivity contribution is -0.117. The van der Waals surface area contributed by atoms with Crippen molar-refractivity contribution >= 4 is 63.2 Å². The molecule has 0 bridgehead atoms. The summed E-state index contributed by atoms with van der Waals surface area (Å²) >= 11 is 3.25. The van der Waals surface area contributed by atoms with Crippen molar-refractivity contribution in [1.29, 1.82) is 0 Å². The number of anilines is 3. The minimum absolute atomic E-state index is 0.0661. The Balaban J connectivity index is 1.18. The maximum Gasteiger partial charge on any atom is 0.255 e. The van der Waals surface area contributed by atoms with E-state index in [0.717, 1.165) is 36.8 Å². The van der Waals surface area contributed by atoms with E-state index in [-0.39, 0.29) is 17.1 Å². The predicted octanol–water partition coefficient (Wildman–Crippen LogP) is 8.79. The molecule has 192 valence electrons. The zero-order valence-electron chi connectivity index (χ0n) is 21.3. The third-order valence-electron chi connectivity index (χ3n) is 6.70. The summed E-state index contributed by atoms with van der Waals surface area (Å²) in [5.74, 6) is -0.0838. The molecule has 5 aromatic carbocycles. The summed E-state index contributed by atoms with van der Waals surface area (Å²) in [7, 11) is 0. The number of fused-ring (bicyclic) bond motifs is 3. The first-order valence-electron chi connectivity index (χ1n) is 12.9. The molecule has 6 rings (SSSR count). The van der Waals surface area contributed by atoms with E-state index < -0.39 is 0 Å². The molecule has 2 amide bonds. The van der Waals surface area contributed by atoms with Gasteiger partial charge in [-0.2, -0.15) is 0 Å². The van der Waals surface area contributed by atoms with Crippen molar-refractivity contribution < 1.29 is 9.59 Å². The maximum absolute atomic E-state index is 14.0. The van der Waals surface area contributed by atoms with Crippen LogP contribution in [-0.2, 0) is 4.79 Å². The number of amides is 2. The third-order valence-corrected chi connectivity index (χ3v) is 9.20. The first kappa shape index (κ1) is 25.3. The van der Waals surface area contributed by atoms with Crippen LogP contribution in [0.2, 0.25) is 0 Å². The number of nitrogens with zero attached hydrogens (tertiary/aromatic N) is 1. The number of thioether (sulfide) groups is 1. The lowest BCUT2D eigenvalue weighted by Gasteiger charge is -2.33. The fourth-order valence-corrected chi connectivity index (χ4v) is 6.76. The number of hydrogen-bond acceptors (Lipinski definition) is 4. The van der Waals surface area contributed by atoms with Gasteiger partial charge < -0.3 is 5.32 Å². The van der Waals surface area contributed by atoms with Crippen LogP contribution in [0.25, 0.3) is 10.8 Å². The first-order chi connectivity index (χ1) is 19.1. The van der Waals surface area contributed by atoms with Gasteiger partial charge in [-0.25, -0.2) is 0 Å². The zero-order valence-corrected chi connectivity index (χ0v) is 23.0. The van der Waals surface area contributed by atoms with Crippen molar-refractivity contribution in [2.75, 3.05) is 10.2 Å². The van der Waals surface area contributed by atoms with E-state index in [2.05, 4.69) is 17.4 Å². The average molecular weight is 547 g/mol. The molecule has 39 heavy (non-hydrogen) atoms. The van der Waals surface area contributed by atoms with Gasteiger partial charge in [0, 0.05) is 25.9 Å². The summed E-state index contributed by atoms with van der Waals surface area (Å²) in [6.07, 6.45) is 0.692. The van der Waals surface area contributed by atoms with Crippen molar-refractivity contribution in [1.82, 2.24) is 0 Å². The molecule has 1 atom stereocenters. The molecule has 0 saturated heterocycles. The summed E-state index contributed by atoms with van der Waals surface area (Å²) < 4.78 is 0. The molecule has 0 aliphatic carbocycles. The maximum atomic E-state index is 14.0. The Morgan fingerprint density at radius 2 is 1.38 bits per heavy atom. The largest absolute Gasteiger partial charge is 0.322 e. The molecule has 0 spiro atoms. The van der Waals surface area contributed by atoms with Crippen LogP contribution in [0.3, 0.4) is 0 Å². The Labute approximate surface area is 236 Å². The molecule has 0 aromatic heterocycles. The topological polar surface area (TPSA) is 49.4 Å². The van der Waals surface area contributed by atoms with Gasteiger partial charge in [0.25, 0.3) is 5.91 Å². The van der Waals surface area contributed by atoms with Crippen LogP contribution in [-0.4, -0.2) is 17.1 Å². The van der Waals surface area contributed by atoms with Crippen molar-refractivity contribution in [3.05, 3.63) is 121 Å². The quantitative estimate of drug-likeness (QED) is 0.216. The summed E-state index contributed by atoms with van der Waals surface area (Å²) in [6, 6.07) is 37.5. The van der Waals surface area contributed by atoms with Gasteiger partial charge in [0.1, 0.15) is 0 Å². The van der Waals surface area contributed by atoms with E-state index in [4.69, 9.17) is 0 Å². The molecule has 0 saturated carbocycles. The van der Waals surface area contributed by atoms with Crippen molar-refractivity contribution in [3.8, 4) is 0 Å². The molecular formula is C33H26N2O2S2. The molecular weight excluding hydrogens is 521 g/mol. The normalized spacial score (nSPS) is 12.9. The summed E-state index contributed by atoms with van der Waals surface area (Å²) in [4.78, 5) is 31.8. The lowest BCUT2D eigenvalue weighted by atomic mass is 10.1. The van der Waals surface area contributed by atoms with Crippen LogP contribution < -0.4 is 10.2 Å². The zero-order chi connectivity index (χ0) is 26.8. The first-order valence-corrected chi connectivity index (χ1v) is 14.6. The molecule has 0 radical (unpaired) electrons. The van der Waals surface area contributed by atoms with Gasteiger partial charge in [0.15, 0.2) is 0 Å². The highest BCUT2D eigenvalue weighted by Gasteiger charge is 2.32. The predicted molar refractivity (Wildman–Crippen MR) is 162 cm³/mol. The van der Waals surface area contributed by atoms with Gasteiger partial charge >= 0.3 is 0 Å². The Kier molecular flexibility index (Phi) is 7.14. The van der Waals surface area contributed by atoms with Gasteiger partial charge in [-0.05, 0) is 77.9 Å². The van der Waals surface area contributed by atoms with Gasteiger partial charge in [0.05, 0.1) is 16.6 Å². The minimum Gasteiger partial charge on any atom is -0.322 e. The Hall–Kier alpha value is -4.00. The average Bonchev–Trinajstić information content (AvgIpc) is 2.98. The SMILES string of the molecule is CCC(Sc1ccc(NC(=O)c2ccc3ccccc3c2)cc1)C(=O)N1c2ccccc2Sc2ccccc21.